The Morgan fingerprint density at radius 1 is 1.75 bits per heavy atom. The Kier molecular flexibility index (Phi) is 2.42. The van der Waals surface area contributed by atoms with Gasteiger partial charge in [0.2, 0.25) is 0 Å². The first-order chi connectivity index (χ1) is 5.66. The summed E-state index contributed by atoms with van der Waals surface area (Å²) >= 11 is 0. The lowest BCUT2D eigenvalue weighted by molar-refractivity contribution is -0.120. The van der Waals surface area contributed by atoms with Gasteiger partial charge in [-0.2, -0.15) is 5.10 Å². The van der Waals surface area contributed by atoms with Gasteiger partial charge in [-0.1, -0.05) is 5.16 Å². The molecule has 66 valence electrons. The molecule has 5 heteroatoms. The number of hydrazone groups is 1. The van der Waals surface area contributed by atoms with Crippen LogP contribution in [0.4, 0.5) is 0 Å². The molecule has 0 fully saturated rings. The standard InChI is InChI=1S/C7H11N3O2/c1-4-6(5(2)10-12-3)7(11)9-8-4/h6H,1-3H3,(H,9,11)/b10-5+. The van der Waals surface area contributed by atoms with Gasteiger partial charge in [-0.3, -0.25) is 4.79 Å². The number of carbonyl (C=O) groups is 1. The molecule has 0 spiro atoms. The highest BCUT2D eigenvalue weighted by atomic mass is 16.6. The van der Waals surface area contributed by atoms with Crippen molar-refractivity contribution in [3.05, 3.63) is 0 Å². The molecule has 5 nitrogen and oxygen atoms in total. The van der Waals surface area contributed by atoms with Gasteiger partial charge in [0.05, 0.1) is 11.4 Å². The normalized spacial score (nSPS) is 23.6. The number of hydrogen-bond acceptors (Lipinski definition) is 4. The van der Waals surface area contributed by atoms with Crippen LogP contribution in [0.25, 0.3) is 0 Å². The van der Waals surface area contributed by atoms with Gasteiger partial charge in [0.15, 0.2) is 0 Å². The van der Waals surface area contributed by atoms with Crippen molar-refractivity contribution in [2.75, 3.05) is 7.11 Å². The van der Waals surface area contributed by atoms with Crippen LogP contribution in [-0.2, 0) is 9.63 Å². The minimum absolute atomic E-state index is 0.147. The van der Waals surface area contributed by atoms with E-state index in [2.05, 4.69) is 20.5 Å². The van der Waals surface area contributed by atoms with Gasteiger partial charge in [-0.25, -0.2) is 5.43 Å². The van der Waals surface area contributed by atoms with Crippen LogP contribution in [0.5, 0.6) is 0 Å². The maximum atomic E-state index is 11.1. The molecule has 1 heterocycles. The molecule has 0 saturated heterocycles. The minimum atomic E-state index is -0.357. The molecule has 1 rings (SSSR count). The van der Waals surface area contributed by atoms with Gasteiger partial charge in [-0.15, -0.1) is 0 Å². The molecule has 1 aliphatic rings. The second kappa shape index (κ2) is 3.34. The van der Waals surface area contributed by atoms with E-state index in [4.69, 9.17) is 0 Å². The summed E-state index contributed by atoms with van der Waals surface area (Å²) in [7, 11) is 1.45. The van der Waals surface area contributed by atoms with Crippen molar-refractivity contribution in [3.8, 4) is 0 Å². The molecule has 12 heavy (non-hydrogen) atoms. The Morgan fingerprint density at radius 2 is 2.42 bits per heavy atom. The van der Waals surface area contributed by atoms with Crippen molar-refractivity contribution in [2.24, 2.45) is 16.2 Å². The van der Waals surface area contributed by atoms with Gasteiger partial charge < -0.3 is 4.84 Å². The zero-order valence-corrected chi connectivity index (χ0v) is 7.29. The Morgan fingerprint density at radius 3 is 2.83 bits per heavy atom. The first kappa shape index (κ1) is 8.70. The van der Waals surface area contributed by atoms with Crippen molar-refractivity contribution >= 4 is 17.3 Å². The van der Waals surface area contributed by atoms with E-state index in [0.29, 0.717) is 5.71 Å². The quantitative estimate of drug-likeness (QED) is 0.471. The third-order valence-corrected chi connectivity index (χ3v) is 1.68. The molecule has 1 N–H and O–H groups in total. The van der Waals surface area contributed by atoms with E-state index >= 15 is 0 Å². The molecular weight excluding hydrogens is 158 g/mol. The minimum Gasteiger partial charge on any atom is -0.399 e. The summed E-state index contributed by atoms with van der Waals surface area (Å²) in [5.41, 5.74) is 3.71. The average Bonchev–Trinajstić information content (AvgIpc) is 2.32. The van der Waals surface area contributed by atoms with Crippen molar-refractivity contribution in [2.45, 2.75) is 13.8 Å². The van der Waals surface area contributed by atoms with Crippen LogP contribution in [0.1, 0.15) is 13.8 Å². The average molecular weight is 169 g/mol. The van der Waals surface area contributed by atoms with Gasteiger partial charge in [0, 0.05) is 0 Å². The van der Waals surface area contributed by atoms with E-state index in [-0.39, 0.29) is 11.8 Å². The van der Waals surface area contributed by atoms with Crippen LogP contribution in [-0.4, -0.2) is 24.4 Å². The van der Waals surface area contributed by atoms with Crippen molar-refractivity contribution in [3.63, 3.8) is 0 Å². The summed E-state index contributed by atoms with van der Waals surface area (Å²) < 4.78 is 0. The predicted octanol–water partition coefficient (Wildman–Crippen LogP) is 0.131. The monoisotopic (exact) mass is 169 g/mol. The maximum Gasteiger partial charge on any atom is 0.254 e. The fraction of sp³-hybridized carbons (Fsp3) is 0.571. The lowest BCUT2D eigenvalue weighted by Gasteiger charge is -2.04. The third-order valence-electron chi connectivity index (χ3n) is 1.68. The summed E-state index contributed by atoms with van der Waals surface area (Å²) in [4.78, 5) is 15.7. The predicted molar refractivity (Wildman–Crippen MR) is 44.9 cm³/mol. The SMILES string of the molecule is CO/N=C(\C)C1C(=O)NN=C1C. The smallest absolute Gasteiger partial charge is 0.254 e. The van der Waals surface area contributed by atoms with E-state index in [0.717, 1.165) is 5.71 Å². The molecule has 0 radical (unpaired) electrons. The Balaban J connectivity index is 2.80. The molecule has 0 aromatic carbocycles. The molecule has 0 aliphatic carbocycles. The van der Waals surface area contributed by atoms with E-state index in [1.54, 1.807) is 13.8 Å². The Bertz CT molecular complexity index is 257. The van der Waals surface area contributed by atoms with Gasteiger partial charge >= 0.3 is 0 Å². The number of rotatable bonds is 2. The van der Waals surface area contributed by atoms with E-state index in [9.17, 15) is 4.79 Å². The maximum absolute atomic E-state index is 11.1. The molecule has 0 saturated carbocycles. The van der Waals surface area contributed by atoms with Gasteiger partial charge in [0.1, 0.15) is 13.0 Å². The van der Waals surface area contributed by atoms with Crippen LogP contribution in [0.2, 0.25) is 0 Å². The Hall–Kier alpha value is -1.39. The zero-order chi connectivity index (χ0) is 9.14. The van der Waals surface area contributed by atoms with Crippen LogP contribution < -0.4 is 5.43 Å². The third kappa shape index (κ3) is 1.44. The lowest BCUT2D eigenvalue weighted by Crippen LogP contribution is -2.28. The lowest BCUT2D eigenvalue weighted by atomic mass is 10.0. The molecule has 1 atom stereocenters. The second-order valence-corrected chi connectivity index (χ2v) is 2.58. The topological polar surface area (TPSA) is 63.0 Å². The molecular formula is C7H11N3O2. The number of hydrogen-bond donors (Lipinski definition) is 1. The van der Waals surface area contributed by atoms with Crippen LogP contribution >= 0.6 is 0 Å². The largest absolute Gasteiger partial charge is 0.399 e. The molecule has 0 aromatic heterocycles. The van der Waals surface area contributed by atoms with Gasteiger partial charge in [0.25, 0.3) is 5.91 Å². The Labute approximate surface area is 70.5 Å². The number of carbonyl (C=O) groups excluding carboxylic acids is 1. The highest BCUT2D eigenvalue weighted by Gasteiger charge is 2.29. The van der Waals surface area contributed by atoms with Gasteiger partial charge in [-0.05, 0) is 13.8 Å². The van der Waals surface area contributed by atoms with Crippen molar-refractivity contribution < 1.29 is 9.63 Å². The number of nitrogens with one attached hydrogen (secondary N) is 1. The highest BCUT2D eigenvalue weighted by Crippen LogP contribution is 2.09. The first-order valence-electron chi connectivity index (χ1n) is 3.58. The first-order valence-corrected chi connectivity index (χ1v) is 3.58. The molecule has 0 aromatic rings. The fourth-order valence-corrected chi connectivity index (χ4v) is 1.15. The molecule has 1 amide bonds. The summed E-state index contributed by atoms with van der Waals surface area (Å²) in [5.74, 6) is -0.504. The van der Waals surface area contributed by atoms with E-state index < -0.39 is 0 Å². The molecule has 1 aliphatic heterocycles. The van der Waals surface area contributed by atoms with Crippen LogP contribution in [0.3, 0.4) is 0 Å². The van der Waals surface area contributed by atoms with Crippen molar-refractivity contribution in [1.29, 1.82) is 0 Å². The molecule has 0 bridgehead atoms. The zero-order valence-electron chi connectivity index (χ0n) is 7.29. The summed E-state index contributed by atoms with van der Waals surface area (Å²) in [5, 5.41) is 7.47. The summed E-state index contributed by atoms with van der Waals surface area (Å²) in [6.45, 7) is 3.51. The second-order valence-electron chi connectivity index (χ2n) is 2.58. The van der Waals surface area contributed by atoms with E-state index in [1.165, 1.54) is 7.11 Å². The summed E-state index contributed by atoms with van der Waals surface area (Å²) in [6, 6.07) is 0. The molecule has 1 unspecified atom stereocenters. The van der Waals surface area contributed by atoms with Crippen LogP contribution in [0.15, 0.2) is 10.3 Å². The van der Waals surface area contributed by atoms with Crippen LogP contribution in [0, 0.1) is 5.92 Å². The van der Waals surface area contributed by atoms with E-state index in [1.807, 2.05) is 0 Å². The van der Waals surface area contributed by atoms with Crippen molar-refractivity contribution in [1.82, 2.24) is 5.43 Å². The number of amides is 1. The number of oxime groups is 1. The number of nitrogens with zero attached hydrogens (tertiary/aromatic N) is 2. The summed E-state index contributed by atoms with van der Waals surface area (Å²) in [6.07, 6.45) is 0. The fourth-order valence-electron chi connectivity index (χ4n) is 1.15. The highest BCUT2D eigenvalue weighted by molar-refractivity contribution is 6.22.